The van der Waals surface area contributed by atoms with E-state index in [1.165, 1.54) is 4.88 Å². The Morgan fingerprint density at radius 1 is 1.32 bits per heavy atom. The SMILES string of the molecule is CCOCCn1c(=O)[nH]c2cc(C(=O)NCc3ccc(C)s3)ccc21. The van der Waals surface area contributed by atoms with Gasteiger partial charge in [-0.05, 0) is 44.2 Å². The average molecular weight is 359 g/mol. The van der Waals surface area contributed by atoms with Gasteiger partial charge in [0.15, 0.2) is 0 Å². The standard InChI is InChI=1S/C18H21N3O3S/c1-3-24-9-8-21-16-7-5-13(10-15(16)20-18(21)23)17(22)19-11-14-6-4-12(2)25-14/h4-7,10H,3,8-9,11H2,1-2H3,(H,19,22)(H,20,23). The fraction of sp³-hybridized carbons (Fsp3) is 0.333. The van der Waals surface area contributed by atoms with Crippen molar-refractivity contribution in [3.8, 4) is 0 Å². The van der Waals surface area contributed by atoms with Crippen molar-refractivity contribution in [2.75, 3.05) is 13.2 Å². The number of carbonyl (C=O) groups is 1. The smallest absolute Gasteiger partial charge is 0.326 e. The van der Waals surface area contributed by atoms with Crippen molar-refractivity contribution >= 4 is 28.3 Å². The lowest BCUT2D eigenvalue weighted by Crippen LogP contribution is -2.22. The summed E-state index contributed by atoms with van der Waals surface area (Å²) in [7, 11) is 0. The molecule has 0 saturated heterocycles. The van der Waals surface area contributed by atoms with E-state index < -0.39 is 0 Å². The van der Waals surface area contributed by atoms with Crippen LogP contribution in [0.2, 0.25) is 0 Å². The second kappa shape index (κ2) is 7.67. The van der Waals surface area contributed by atoms with Crippen LogP contribution in [0.4, 0.5) is 0 Å². The molecule has 7 heteroatoms. The Kier molecular flexibility index (Phi) is 5.35. The third-order valence-corrected chi connectivity index (χ3v) is 4.92. The molecule has 0 spiro atoms. The van der Waals surface area contributed by atoms with Gasteiger partial charge >= 0.3 is 5.69 Å². The molecule has 2 aromatic heterocycles. The Balaban J connectivity index is 1.74. The van der Waals surface area contributed by atoms with Crippen molar-refractivity contribution in [3.63, 3.8) is 0 Å². The molecule has 0 fully saturated rings. The molecule has 25 heavy (non-hydrogen) atoms. The van der Waals surface area contributed by atoms with Crippen molar-refractivity contribution in [2.45, 2.75) is 26.9 Å². The van der Waals surface area contributed by atoms with Crippen LogP contribution in [0.25, 0.3) is 11.0 Å². The zero-order chi connectivity index (χ0) is 17.8. The molecule has 3 rings (SSSR count). The summed E-state index contributed by atoms with van der Waals surface area (Å²) in [6, 6.07) is 9.29. The van der Waals surface area contributed by atoms with E-state index in [1.807, 2.05) is 26.0 Å². The van der Waals surface area contributed by atoms with Crippen LogP contribution < -0.4 is 11.0 Å². The molecule has 0 atom stereocenters. The first kappa shape index (κ1) is 17.4. The Morgan fingerprint density at radius 3 is 2.88 bits per heavy atom. The Labute approximate surface area is 149 Å². The van der Waals surface area contributed by atoms with Crippen LogP contribution in [-0.4, -0.2) is 28.7 Å². The summed E-state index contributed by atoms with van der Waals surface area (Å²) in [5.41, 5.74) is 1.76. The van der Waals surface area contributed by atoms with E-state index in [1.54, 1.807) is 34.1 Å². The molecule has 0 unspecified atom stereocenters. The van der Waals surface area contributed by atoms with Gasteiger partial charge in [0, 0.05) is 21.9 Å². The lowest BCUT2D eigenvalue weighted by Gasteiger charge is -2.06. The van der Waals surface area contributed by atoms with Crippen LogP contribution in [-0.2, 0) is 17.8 Å². The highest BCUT2D eigenvalue weighted by molar-refractivity contribution is 7.11. The maximum absolute atomic E-state index is 12.3. The van der Waals surface area contributed by atoms with E-state index in [2.05, 4.69) is 10.3 Å². The number of aryl methyl sites for hydroxylation is 1. The molecule has 132 valence electrons. The Morgan fingerprint density at radius 2 is 2.16 bits per heavy atom. The van der Waals surface area contributed by atoms with Crippen molar-refractivity contribution < 1.29 is 9.53 Å². The van der Waals surface area contributed by atoms with Crippen LogP contribution in [0, 0.1) is 6.92 Å². The third-order valence-electron chi connectivity index (χ3n) is 3.92. The minimum absolute atomic E-state index is 0.157. The first-order valence-electron chi connectivity index (χ1n) is 8.22. The minimum atomic E-state index is -0.193. The van der Waals surface area contributed by atoms with E-state index in [4.69, 9.17) is 4.74 Å². The van der Waals surface area contributed by atoms with Crippen molar-refractivity contribution in [1.82, 2.24) is 14.9 Å². The number of ether oxygens (including phenoxy) is 1. The molecular formula is C18H21N3O3S. The Bertz CT molecular complexity index is 939. The maximum atomic E-state index is 12.3. The number of amides is 1. The number of rotatable bonds is 7. The number of aromatic amines is 1. The molecule has 0 bridgehead atoms. The predicted octanol–water partition coefficient (Wildman–Crippen LogP) is 2.67. The van der Waals surface area contributed by atoms with E-state index in [9.17, 15) is 9.59 Å². The van der Waals surface area contributed by atoms with E-state index in [-0.39, 0.29) is 11.6 Å². The number of aromatic nitrogens is 2. The van der Waals surface area contributed by atoms with Crippen LogP contribution in [0.5, 0.6) is 0 Å². The summed E-state index contributed by atoms with van der Waals surface area (Å²) in [6.45, 7) is 6.03. The molecule has 1 amide bonds. The van der Waals surface area contributed by atoms with Gasteiger partial charge < -0.3 is 15.0 Å². The monoisotopic (exact) mass is 359 g/mol. The van der Waals surface area contributed by atoms with Gasteiger partial charge in [-0.1, -0.05) is 0 Å². The van der Waals surface area contributed by atoms with Crippen LogP contribution in [0.1, 0.15) is 27.0 Å². The number of carbonyl (C=O) groups excluding carboxylic acids is 1. The maximum Gasteiger partial charge on any atom is 0.326 e. The number of hydrogen-bond donors (Lipinski definition) is 2. The predicted molar refractivity (Wildman–Crippen MR) is 99.3 cm³/mol. The summed E-state index contributed by atoms with van der Waals surface area (Å²) in [5.74, 6) is -0.157. The molecule has 1 aromatic carbocycles. The van der Waals surface area contributed by atoms with Gasteiger partial charge in [-0.25, -0.2) is 4.79 Å². The molecule has 0 radical (unpaired) electrons. The lowest BCUT2D eigenvalue weighted by atomic mass is 10.2. The topological polar surface area (TPSA) is 76.1 Å². The van der Waals surface area contributed by atoms with Gasteiger partial charge in [0.25, 0.3) is 5.91 Å². The van der Waals surface area contributed by atoms with Crippen LogP contribution in [0.3, 0.4) is 0 Å². The first-order chi connectivity index (χ1) is 12.1. The quantitative estimate of drug-likeness (QED) is 0.637. The number of nitrogens with one attached hydrogen (secondary N) is 2. The zero-order valence-corrected chi connectivity index (χ0v) is 15.1. The second-order valence-corrected chi connectivity index (χ2v) is 7.08. The lowest BCUT2D eigenvalue weighted by molar-refractivity contribution is 0.0951. The average Bonchev–Trinajstić information content (AvgIpc) is 3.15. The highest BCUT2D eigenvalue weighted by Crippen LogP contribution is 2.16. The van der Waals surface area contributed by atoms with Gasteiger partial charge in [0.05, 0.1) is 30.7 Å². The molecule has 3 aromatic rings. The minimum Gasteiger partial charge on any atom is -0.380 e. The molecule has 2 heterocycles. The molecule has 0 saturated carbocycles. The zero-order valence-electron chi connectivity index (χ0n) is 14.3. The van der Waals surface area contributed by atoms with E-state index in [0.29, 0.717) is 37.4 Å². The fourth-order valence-electron chi connectivity index (χ4n) is 2.68. The van der Waals surface area contributed by atoms with Crippen molar-refractivity contribution in [2.24, 2.45) is 0 Å². The molecule has 2 N–H and O–H groups in total. The number of imidazole rings is 1. The largest absolute Gasteiger partial charge is 0.380 e. The number of H-pyrrole nitrogens is 1. The summed E-state index contributed by atoms with van der Waals surface area (Å²) in [6.07, 6.45) is 0. The normalized spacial score (nSPS) is 11.1. The van der Waals surface area contributed by atoms with Gasteiger partial charge in [-0.3, -0.25) is 9.36 Å². The second-order valence-electron chi connectivity index (χ2n) is 5.71. The number of hydrogen-bond acceptors (Lipinski definition) is 4. The van der Waals surface area contributed by atoms with Crippen LogP contribution in [0.15, 0.2) is 35.1 Å². The van der Waals surface area contributed by atoms with Crippen molar-refractivity contribution in [1.29, 1.82) is 0 Å². The van der Waals surface area contributed by atoms with Crippen molar-refractivity contribution in [3.05, 3.63) is 56.1 Å². The number of benzene rings is 1. The van der Waals surface area contributed by atoms with Gasteiger partial charge in [0.1, 0.15) is 0 Å². The number of thiophene rings is 1. The highest BCUT2D eigenvalue weighted by Gasteiger charge is 2.11. The molecule has 0 aliphatic carbocycles. The summed E-state index contributed by atoms with van der Waals surface area (Å²) < 4.78 is 6.94. The van der Waals surface area contributed by atoms with E-state index >= 15 is 0 Å². The molecule has 0 aliphatic heterocycles. The molecule has 0 aliphatic rings. The summed E-state index contributed by atoms with van der Waals surface area (Å²) in [5, 5.41) is 2.91. The highest BCUT2D eigenvalue weighted by atomic mass is 32.1. The molecular weight excluding hydrogens is 338 g/mol. The summed E-state index contributed by atoms with van der Waals surface area (Å²) in [4.78, 5) is 29.6. The van der Waals surface area contributed by atoms with Gasteiger partial charge in [-0.15, -0.1) is 11.3 Å². The number of fused-ring (bicyclic) bond motifs is 1. The Hall–Kier alpha value is -2.38. The fourth-order valence-corrected chi connectivity index (χ4v) is 3.51. The van der Waals surface area contributed by atoms with E-state index in [0.717, 1.165) is 10.4 Å². The third kappa shape index (κ3) is 4.00. The summed E-state index contributed by atoms with van der Waals surface area (Å²) >= 11 is 1.66. The van der Waals surface area contributed by atoms with Crippen LogP contribution >= 0.6 is 11.3 Å². The van der Waals surface area contributed by atoms with Gasteiger partial charge in [-0.2, -0.15) is 0 Å². The molecule has 6 nitrogen and oxygen atoms in total. The number of nitrogens with zero attached hydrogens (tertiary/aromatic N) is 1. The first-order valence-corrected chi connectivity index (χ1v) is 9.04. The van der Waals surface area contributed by atoms with Gasteiger partial charge in [0.2, 0.25) is 0 Å².